The molecule has 1 atom stereocenters. The van der Waals surface area contributed by atoms with Crippen molar-refractivity contribution in [3.63, 3.8) is 0 Å². The van der Waals surface area contributed by atoms with Crippen molar-refractivity contribution in [1.29, 1.82) is 5.26 Å². The summed E-state index contributed by atoms with van der Waals surface area (Å²) in [6.07, 6.45) is 2.66. The summed E-state index contributed by atoms with van der Waals surface area (Å²) in [5.41, 5.74) is 0.760. The summed E-state index contributed by atoms with van der Waals surface area (Å²) >= 11 is 0. The van der Waals surface area contributed by atoms with E-state index < -0.39 is 20.3 Å². The molecule has 2 rings (SSSR count). The van der Waals surface area contributed by atoms with Crippen molar-refractivity contribution in [3.8, 4) is 6.07 Å². The van der Waals surface area contributed by atoms with Crippen LogP contribution in [0, 0.1) is 11.3 Å². The molecule has 0 bridgehead atoms. The van der Waals surface area contributed by atoms with Crippen LogP contribution in [0.5, 0.6) is 0 Å². The van der Waals surface area contributed by atoms with Crippen LogP contribution in [-0.4, -0.2) is 53.5 Å². The number of hydrogen-bond acceptors (Lipinski definition) is 7. The zero-order valence-corrected chi connectivity index (χ0v) is 19.6. The lowest BCUT2D eigenvalue weighted by Crippen LogP contribution is -2.33. The first kappa shape index (κ1) is 25.4. The number of fused-ring (bicyclic) bond motifs is 1. The monoisotopic (exact) mass is 449 g/mol. The summed E-state index contributed by atoms with van der Waals surface area (Å²) in [6, 6.07) is 9.34. The second-order valence-electron chi connectivity index (χ2n) is 7.72. The third-order valence-corrected chi connectivity index (χ3v) is 6.74. The SMILES string of the molecule is CC(C)N(C(C)C)P(OCCC#N)OCCCCCON1C(=O)c2ccccc2C1=O. The summed E-state index contributed by atoms with van der Waals surface area (Å²) in [5, 5.41) is 9.61. The normalized spacial score (nSPS) is 14.6. The first-order chi connectivity index (χ1) is 14.9. The van der Waals surface area contributed by atoms with Crippen LogP contribution in [0.4, 0.5) is 0 Å². The van der Waals surface area contributed by atoms with Gasteiger partial charge in [-0.25, -0.2) is 4.67 Å². The minimum atomic E-state index is -1.23. The number of hydroxylamine groups is 2. The molecule has 9 heteroatoms. The van der Waals surface area contributed by atoms with Gasteiger partial charge in [-0.2, -0.15) is 5.26 Å². The fourth-order valence-electron chi connectivity index (χ4n) is 3.28. The van der Waals surface area contributed by atoms with Gasteiger partial charge < -0.3 is 9.05 Å². The van der Waals surface area contributed by atoms with Crippen molar-refractivity contribution >= 4 is 20.3 Å². The molecule has 1 unspecified atom stereocenters. The van der Waals surface area contributed by atoms with Crippen LogP contribution in [0.3, 0.4) is 0 Å². The Morgan fingerprint density at radius 3 is 2.03 bits per heavy atom. The molecule has 8 nitrogen and oxygen atoms in total. The first-order valence-corrected chi connectivity index (χ1v) is 11.8. The van der Waals surface area contributed by atoms with E-state index in [2.05, 4.69) is 38.4 Å². The third-order valence-electron chi connectivity index (χ3n) is 4.63. The summed E-state index contributed by atoms with van der Waals surface area (Å²) in [5.74, 6) is -0.821. The van der Waals surface area contributed by atoms with Gasteiger partial charge in [0.25, 0.3) is 20.3 Å². The molecule has 1 aromatic carbocycles. The Balaban J connectivity index is 1.71. The molecule has 0 fully saturated rings. The predicted octanol–water partition coefficient (Wildman–Crippen LogP) is 4.68. The maximum Gasteiger partial charge on any atom is 0.285 e. The van der Waals surface area contributed by atoms with Gasteiger partial charge in [-0.15, -0.1) is 5.06 Å². The average Bonchev–Trinajstić information content (AvgIpc) is 2.97. The average molecular weight is 449 g/mol. The van der Waals surface area contributed by atoms with Crippen LogP contribution in [0.25, 0.3) is 0 Å². The summed E-state index contributed by atoms with van der Waals surface area (Å²) < 4.78 is 14.1. The highest BCUT2D eigenvalue weighted by Crippen LogP contribution is 2.46. The van der Waals surface area contributed by atoms with Gasteiger partial charge in [0.1, 0.15) is 0 Å². The molecule has 1 aromatic rings. The number of nitrogens with zero attached hydrogens (tertiary/aromatic N) is 3. The van der Waals surface area contributed by atoms with Crippen LogP contribution in [0.15, 0.2) is 24.3 Å². The number of carbonyl (C=O) groups is 2. The molecule has 0 aliphatic carbocycles. The Kier molecular flexibility index (Phi) is 10.5. The van der Waals surface area contributed by atoms with Crippen molar-refractivity contribution in [2.24, 2.45) is 0 Å². The molecule has 0 spiro atoms. The number of hydrogen-bond donors (Lipinski definition) is 0. The van der Waals surface area contributed by atoms with E-state index in [4.69, 9.17) is 19.1 Å². The Morgan fingerprint density at radius 2 is 1.48 bits per heavy atom. The largest absolute Gasteiger partial charge is 0.322 e. The molecule has 1 heterocycles. The van der Waals surface area contributed by atoms with Crippen LogP contribution in [-0.2, 0) is 13.9 Å². The van der Waals surface area contributed by atoms with Crippen molar-refractivity contribution in [3.05, 3.63) is 35.4 Å². The molecule has 0 saturated heterocycles. The number of unbranched alkanes of at least 4 members (excludes halogenated alkanes) is 2. The van der Waals surface area contributed by atoms with E-state index in [9.17, 15) is 9.59 Å². The zero-order valence-electron chi connectivity index (χ0n) is 18.7. The molecule has 0 N–H and O–H groups in total. The number of rotatable bonds is 14. The molecule has 31 heavy (non-hydrogen) atoms. The van der Waals surface area contributed by atoms with Gasteiger partial charge in [-0.3, -0.25) is 14.4 Å². The highest BCUT2D eigenvalue weighted by molar-refractivity contribution is 7.44. The van der Waals surface area contributed by atoms with Gasteiger partial charge in [0, 0.05) is 12.1 Å². The molecule has 1 aliphatic heterocycles. The first-order valence-electron chi connectivity index (χ1n) is 10.7. The molecule has 0 aromatic heterocycles. The lowest BCUT2D eigenvalue weighted by Gasteiger charge is -2.35. The number of imide groups is 1. The molecular formula is C22H32N3O5P. The molecule has 0 saturated carbocycles. The van der Waals surface area contributed by atoms with E-state index in [0.29, 0.717) is 37.2 Å². The highest BCUT2D eigenvalue weighted by Gasteiger charge is 2.36. The fraction of sp³-hybridized carbons (Fsp3) is 0.591. The van der Waals surface area contributed by atoms with Crippen molar-refractivity contribution in [2.45, 2.75) is 65.5 Å². The molecule has 0 radical (unpaired) electrons. The quantitative estimate of drug-likeness (QED) is 0.231. The lowest BCUT2D eigenvalue weighted by atomic mass is 10.1. The summed E-state index contributed by atoms with van der Waals surface area (Å²) in [6.45, 7) is 9.56. The second-order valence-corrected chi connectivity index (χ2v) is 9.18. The Bertz CT molecular complexity index is 738. The fourth-order valence-corrected chi connectivity index (χ4v) is 4.91. The van der Waals surface area contributed by atoms with Gasteiger partial charge >= 0.3 is 0 Å². The van der Waals surface area contributed by atoms with Crippen molar-refractivity contribution in [2.75, 3.05) is 19.8 Å². The van der Waals surface area contributed by atoms with Crippen LogP contribution >= 0.6 is 8.53 Å². The Morgan fingerprint density at radius 1 is 0.935 bits per heavy atom. The molecule has 170 valence electrons. The number of benzene rings is 1. The van der Waals surface area contributed by atoms with Gasteiger partial charge in [0.2, 0.25) is 0 Å². The van der Waals surface area contributed by atoms with Crippen molar-refractivity contribution < 1.29 is 23.5 Å². The lowest BCUT2D eigenvalue weighted by molar-refractivity contribution is -0.0923. The standard InChI is InChI=1S/C22H32N3O5P/c1-17(2)25(18(3)4)31(30-16-10-13-23)29-15-9-5-8-14-28-24-21(26)19-11-6-7-12-20(19)22(24)27/h6-7,11-12,17-18H,5,8-10,14-16H2,1-4H3. The smallest absolute Gasteiger partial charge is 0.285 e. The molecule has 2 amide bonds. The molecular weight excluding hydrogens is 417 g/mol. The van der Waals surface area contributed by atoms with Crippen molar-refractivity contribution in [1.82, 2.24) is 9.73 Å². The van der Waals surface area contributed by atoms with E-state index >= 15 is 0 Å². The van der Waals surface area contributed by atoms with Gasteiger partial charge in [-0.05, 0) is 59.1 Å². The number of amides is 2. The highest BCUT2D eigenvalue weighted by atomic mass is 31.2. The van der Waals surface area contributed by atoms with Gasteiger partial charge in [0.05, 0.1) is 43.4 Å². The van der Waals surface area contributed by atoms with E-state index in [-0.39, 0.29) is 18.7 Å². The Labute approximate surface area is 186 Å². The van der Waals surface area contributed by atoms with E-state index in [1.807, 2.05) is 0 Å². The van der Waals surface area contributed by atoms with E-state index in [1.165, 1.54) is 0 Å². The van der Waals surface area contributed by atoms with Crippen LogP contribution in [0.1, 0.15) is 74.1 Å². The topological polar surface area (TPSA) is 92.1 Å². The summed E-state index contributed by atoms with van der Waals surface area (Å²) in [4.78, 5) is 29.9. The minimum Gasteiger partial charge on any atom is -0.322 e. The van der Waals surface area contributed by atoms with Crippen LogP contribution < -0.4 is 0 Å². The summed E-state index contributed by atoms with van der Waals surface area (Å²) in [7, 11) is -1.23. The van der Waals surface area contributed by atoms with Gasteiger partial charge in [0.15, 0.2) is 0 Å². The van der Waals surface area contributed by atoms with Crippen LogP contribution in [0.2, 0.25) is 0 Å². The maximum atomic E-state index is 12.3. The minimum absolute atomic E-state index is 0.265. The van der Waals surface area contributed by atoms with Gasteiger partial charge in [-0.1, -0.05) is 12.1 Å². The number of nitriles is 1. The Hall–Kier alpha value is -1.88. The predicted molar refractivity (Wildman–Crippen MR) is 118 cm³/mol. The third kappa shape index (κ3) is 7.06. The number of carbonyl (C=O) groups excluding carboxylic acids is 2. The van der Waals surface area contributed by atoms with E-state index in [1.54, 1.807) is 24.3 Å². The maximum absolute atomic E-state index is 12.3. The zero-order chi connectivity index (χ0) is 22.8. The van der Waals surface area contributed by atoms with E-state index in [0.717, 1.165) is 17.9 Å². The molecule has 1 aliphatic rings. The second kappa shape index (κ2) is 12.8.